The third-order valence-electron chi connectivity index (χ3n) is 5.87. The second kappa shape index (κ2) is 5.23. The lowest BCUT2D eigenvalue weighted by molar-refractivity contribution is 0.0111. The Bertz CT molecular complexity index is 684. The molecule has 4 heteroatoms. The number of hydrogen-bond acceptors (Lipinski definition) is 3. The lowest BCUT2D eigenvalue weighted by atomic mass is 9.71. The van der Waals surface area contributed by atoms with Gasteiger partial charge in [-0.2, -0.15) is 0 Å². The van der Waals surface area contributed by atoms with Crippen molar-refractivity contribution in [1.29, 1.82) is 0 Å². The molecule has 2 heterocycles. The van der Waals surface area contributed by atoms with Gasteiger partial charge in [-0.3, -0.25) is 0 Å². The van der Waals surface area contributed by atoms with Crippen molar-refractivity contribution in [2.24, 2.45) is 10.8 Å². The molecule has 1 amide bonds. The van der Waals surface area contributed by atoms with Crippen LogP contribution in [0.2, 0.25) is 0 Å². The molecule has 2 fully saturated rings. The number of likely N-dealkylation sites (tertiary alicyclic amines) is 1. The molecule has 0 bridgehead atoms. The minimum absolute atomic E-state index is 0.0692. The summed E-state index contributed by atoms with van der Waals surface area (Å²) in [6.07, 6.45) is 11.4. The number of carbonyl (C=O) groups is 1. The molecular formula is C21H29NO3. The summed E-state index contributed by atoms with van der Waals surface area (Å²) in [5.74, 6) is 0. The molecule has 0 saturated carbocycles. The minimum Gasteiger partial charge on any atom is -0.444 e. The lowest BCUT2D eigenvalue weighted by Crippen LogP contribution is -2.47. The quantitative estimate of drug-likeness (QED) is 0.618. The Morgan fingerprint density at radius 1 is 1.20 bits per heavy atom. The Morgan fingerprint density at radius 2 is 1.84 bits per heavy atom. The molecule has 2 saturated heterocycles. The van der Waals surface area contributed by atoms with E-state index in [1.807, 2.05) is 25.7 Å². The molecule has 25 heavy (non-hydrogen) atoms. The number of amides is 1. The number of fused-ring (bicyclic) bond motifs is 4. The van der Waals surface area contributed by atoms with Crippen molar-refractivity contribution >= 4 is 6.09 Å². The lowest BCUT2D eigenvalue weighted by Gasteiger charge is -2.41. The van der Waals surface area contributed by atoms with Gasteiger partial charge in [0.05, 0.1) is 6.10 Å². The molecule has 0 aromatic carbocycles. The van der Waals surface area contributed by atoms with E-state index >= 15 is 0 Å². The van der Waals surface area contributed by atoms with Crippen molar-refractivity contribution < 1.29 is 14.3 Å². The molecule has 4 rings (SSSR count). The molecule has 0 radical (unpaired) electrons. The number of piperidine rings is 1. The molecule has 136 valence electrons. The van der Waals surface area contributed by atoms with Crippen LogP contribution in [-0.2, 0) is 9.47 Å². The van der Waals surface area contributed by atoms with Crippen LogP contribution < -0.4 is 0 Å². The van der Waals surface area contributed by atoms with Crippen LogP contribution in [0.5, 0.6) is 0 Å². The normalized spacial score (nSPS) is 31.6. The van der Waals surface area contributed by atoms with Crippen molar-refractivity contribution in [3.8, 4) is 0 Å². The van der Waals surface area contributed by atoms with E-state index < -0.39 is 5.60 Å². The Morgan fingerprint density at radius 3 is 2.48 bits per heavy atom. The summed E-state index contributed by atoms with van der Waals surface area (Å²) >= 11 is 0. The Balaban J connectivity index is 1.53. The zero-order valence-corrected chi connectivity index (χ0v) is 16.0. The van der Waals surface area contributed by atoms with E-state index in [0.717, 1.165) is 25.9 Å². The topological polar surface area (TPSA) is 42.1 Å². The fraction of sp³-hybridized carbons (Fsp3) is 0.667. The Labute approximate surface area is 150 Å². The molecule has 1 spiro atoms. The van der Waals surface area contributed by atoms with Gasteiger partial charge in [0.25, 0.3) is 0 Å². The van der Waals surface area contributed by atoms with Crippen LogP contribution >= 0.6 is 0 Å². The zero-order chi connectivity index (χ0) is 18.0. The van der Waals surface area contributed by atoms with E-state index in [9.17, 15) is 4.79 Å². The highest BCUT2D eigenvalue weighted by molar-refractivity contribution is 5.68. The third-order valence-corrected chi connectivity index (χ3v) is 5.87. The van der Waals surface area contributed by atoms with E-state index in [4.69, 9.17) is 9.47 Å². The first-order chi connectivity index (χ1) is 11.6. The van der Waals surface area contributed by atoms with Gasteiger partial charge < -0.3 is 14.4 Å². The van der Waals surface area contributed by atoms with Gasteiger partial charge in [0.15, 0.2) is 0 Å². The second-order valence-electron chi connectivity index (χ2n) is 9.46. The van der Waals surface area contributed by atoms with Crippen molar-refractivity contribution in [2.75, 3.05) is 13.1 Å². The summed E-state index contributed by atoms with van der Waals surface area (Å²) in [6, 6.07) is 0. The number of ether oxygens (including phenoxy) is 2. The molecule has 0 N–H and O–H groups in total. The van der Waals surface area contributed by atoms with Crippen LogP contribution in [0.3, 0.4) is 0 Å². The zero-order valence-electron chi connectivity index (χ0n) is 16.0. The van der Waals surface area contributed by atoms with E-state index in [1.165, 1.54) is 11.1 Å². The fourth-order valence-electron chi connectivity index (χ4n) is 4.44. The average molecular weight is 343 g/mol. The minimum atomic E-state index is -0.444. The first kappa shape index (κ1) is 16.9. The number of rotatable bonds is 0. The summed E-state index contributed by atoms with van der Waals surface area (Å²) in [6.45, 7) is 11.7. The molecule has 4 nitrogen and oxygen atoms in total. The predicted octanol–water partition coefficient (Wildman–Crippen LogP) is 4.23. The van der Waals surface area contributed by atoms with E-state index in [0.29, 0.717) is 6.10 Å². The first-order valence-corrected chi connectivity index (χ1v) is 9.38. The van der Waals surface area contributed by atoms with Crippen LogP contribution in [0.4, 0.5) is 4.79 Å². The van der Waals surface area contributed by atoms with Gasteiger partial charge in [0, 0.05) is 23.9 Å². The summed E-state index contributed by atoms with van der Waals surface area (Å²) in [5, 5.41) is 0. The highest BCUT2D eigenvalue weighted by atomic mass is 16.6. The third kappa shape index (κ3) is 2.84. The smallest absolute Gasteiger partial charge is 0.410 e. The van der Waals surface area contributed by atoms with Crippen molar-refractivity contribution in [3.63, 3.8) is 0 Å². The van der Waals surface area contributed by atoms with Gasteiger partial charge in [-0.15, -0.1) is 0 Å². The fourth-order valence-corrected chi connectivity index (χ4v) is 4.44. The summed E-state index contributed by atoms with van der Waals surface area (Å²) < 4.78 is 11.6. The van der Waals surface area contributed by atoms with Crippen LogP contribution in [-0.4, -0.2) is 41.9 Å². The molecule has 4 aliphatic rings. The number of hydrogen-bond donors (Lipinski definition) is 0. The largest absolute Gasteiger partial charge is 0.444 e. The maximum absolute atomic E-state index is 12.4. The van der Waals surface area contributed by atoms with Crippen LogP contribution in [0.1, 0.15) is 47.5 Å². The Kier molecular flexibility index (Phi) is 3.53. The van der Waals surface area contributed by atoms with E-state index in [1.54, 1.807) is 0 Å². The van der Waals surface area contributed by atoms with Gasteiger partial charge in [-0.1, -0.05) is 38.2 Å². The maximum Gasteiger partial charge on any atom is 0.410 e. The average Bonchev–Trinajstić information content (AvgIpc) is 3.26. The van der Waals surface area contributed by atoms with Gasteiger partial charge in [0.1, 0.15) is 11.7 Å². The summed E-state index contributed by atoms with van der Waals surface area (Å²) in [5.41, 5.74) is 2.50. The van der Waals surface area contributed by atoms with E-state index in [-0.39, 0.29) is 23.0 Å². The number of epoxide rings is 1. The van der Waals surface area contributed by atoms with Gasteiger partial charge in [-0.25, -0.2) is 4.79 Å². The van der Waals surface area contributed by atoms with Crippen LogP contribution in [0.15, 0.2) is 35.5 Å². The van der Waals surface area contributed by atoms with Gasteiger partial charge in [0.2, 0.25) is 0 Å². The summed E-state index contributed by atoms with van der Waals surface area (Å²) in [4.78, 5) is 14.2. The standard InChI is InChI=1S/C21H29NO3/c1-19(2,3)25-18(23)22-12-10-21(11-13-22)15-7-9-20(4,5)8-6-14(15)16-17(21)24-16/h6-9,16-17H,10-13H2,1-5H3. The van der Waals surface area contributed by atoms with Gasteiger partial charge >= 0.3 is 6.09 Å². The summed E-state index contributed by atoms with van der Waals surface area (Å²) in [7, 11) is 0. The number of allylic oxidation sites excluding steroid dienone is 3. The van der Waals surface area contributed by atoms with E-state index in [2.05, 4.69) is 38.2 Å². The Hall–Kier alpha value is -1.55. The highest BCUT2D eigenvalue weighted by Gasteiger charge is 2.63. The van der Waals surface area contributed by atoms with Crippen molar-refractivity contribution in [2.45, 2.75) is 65.3 Å². The maximum atomic E-state index is 12.4. The molecule has 2 aliphatic heterocycles. The molecule has 2 aliphatic carbocycles. The van der Waals surface area contributed by atoms with Crippen molar-refractivity contribution in [3.05, 3.63) is 35.5 Å². The molecule has 2 atom stereocenters. The van der Waals surface area contributed by atoms with Crippen LogP contribution in [0.25, 0.3) is 0 Å². The molecular weight excluding hydrogens is 314 g/mol. The number of carbonyl (C=O) groups excluding carboxylic acids is 1. The van der Waals surface area contributed by atoms with Crippen molar-refractivity contribution in [1.82, 2.24) is 4.90 Å². The second-order valence-corrected chi connectivity index (χ2v) is 9.46. The highest BCUT2D eigenvalue weighted by Crippen LogP contribution is 2.61. The first-order valence-electron chi connectivity index (χ1n) is 9.38. The molecule has 2 unspecified atom stereocenters. The van der Waals surface area contributed by atoms with Crippen LogP contribution in [0, 0.1) is 10.8 Å². The SMILES string of the molecule is CC1(C)C=CC2=C(C=C1)C1(CCN(C(=O)OC(C)(C)C)CC1)C1OC21. The molecule has 0 aromatic heterocycles. The van der Waals surface area contributed by atoms with Gasteiger partial charge in [-0.05, 0) is 44.8 Å². The predicted molar refractivity (Wildman–Crippen MR) is 97.2 cm³/mol. The monoisotopic (exact) mass is 343 g/mol. The molecule has 0 aromatic rings. The number of nitrogens with zero attached hydrogens (tertiary/aromatic N) is 1.